The largest absolute Gasteiger partial charge is 0.359 e. The maximum Gasteiger partial charge on any atom is 0.221 e. The van der Waals surface area contributed by atoms with Gasteiger partial charge in [0, 0.05) is 45.1 Å². The summed E-state index contributed by atoms with van der Waals surface area (Å²) in [4.78, 5) is 13.7. The summed E-state index contributed by atoms with van der Waals surface area (Å²) in [6, 6.07) is 9.88. The van der Waals surface area contributed by atoms with Gasteiger partial charge in [-0.25, -0.2) is 13.1 Å². The van der Waals surface area contributed by atoms with Crippen LogP contribution in [0.2, 0.25) is 0 Å². The molecule has 2 N–H and O–H groups in total. The molecule has 1 aromatic carbocycles. The van der Waals surface area contributed by atoms with Gasteiger partial charge in [-0.05, 0) is 18.4 Å². The van der Waals surface area contributed by atoms with E-state index in [0.717, 1.165) is 24.9 Å². The van der Waals surface area contributed by atoms with Gasteiger partial charge in [0.05, 0.1) is 5.25 Å². The fourth-order valence-corrected chi connectivity index (χ4v) is 4.91. The zero-order valence-electron chi connectivity index (χ0n) is 13.9. The van der Waals surface area contributed by atoms with Crippen LogP contribution >= 0.6 is 0 Å². The Bertz CT molecular complexity index is 674. The zero-order chi connectivity index (χ0) is 17.2. The number of sulfonamides is 1. The van der Waals surface area contributed by atoms with Gasteiger partial charge in [-0.2, -0.15) is 0 Å². The molecule has 1 aliphatic heterocycles. The van der Waals surface area contributed by atoms with E-state index in [1.54, 1.807) is 7.05 Å². The Kier molecular flexibility index (Phi) is 5.22. The van der Waals surface area contributed by atoms with Crippen LogP contribution in [0.15, 0.2) is 30.3 Å². The molecule has 1 aliphatic carbocycles. The Balaban J connectivity index is 1.71. The first-order valence-electron chi connectivity index (χ1n) is 8.48. The average Bonchev–Trinajstić information content (AvgIpc) is 3.37. The Morgan fingerprint density at radius 1 is 1.21 bits per heavy atom. The van der Waals surface area contributed by atoms with E-state index in [1.807, 2.05) is 30.3 Å². The van der Waals surface area contributed by atoms with Gasteiger partial charge >= 0.3 is 0 Å². The van der Waals surface area contributed by atoms with Crippen LogP contribution in [0.1, 0.15) is 30.7 Å². The maximum atomic E-state index is 12.4. The summed E-state index contributed by atoms with van der Waals surface area (Å²) in [5.41, 5.74) is 1.14. The van der Waals surface area contributed by atoms with Crippen LogP contribution in [0, 0.1) is 0 Å². The molecule has 0 radical (unpaired) electrons. The second-order valence-corrected chi connectivity index (χ2v) is 8.66. The van der Waals surface area contributed by atoms with E-state index in [0.29, 0.717) is 19.5 Å². The molecule has 2 aliphatic rings. The van der Waals surface area contributed by atoms with Gasteiger partial charge in [-0.1, -0.05) is 30.3 Å². The van der Waals surface area contributed by atoms with Crippen LogP contribution in [0.5, 0.6) is 0 Å². The molecule has 1 aromatic rings. The lowest BCUT2D eigenvalue weighted by molar-refractivity contribution is -0.120. The van der Waals surface area contributed by atoms with Gasteiger partial charge in [0.2, 0.25) is 15.9 Å². The van der Waals surface area contributed by atoms with Crippen LogP contribution in [-0.4, -0.2) is 57.2 Å². The van der Waals surface area contributed by atoms with Gasteiger partial charge in [0.1, 0.15) is 0 Å². The summed E-state index contributed by atoms with van der Waals surface area (Å²) in [6.45, 7) is 2.05. The van der Waals surface area contributed by atoms with Crippen LogP contribution in [0.25, 0.3) is 0 Å². The van der Waals surface area contributed by atoms with Crippen molar-refractivity contribution in [2.45, 2.75) is 36.5 Å². The molecule has 1 heterocycles. The number of likely N-dealkylation sites (tertiary alicyclic amines) is 1. The second-order valence-electron chi connectivity index (χ2n) is 6.67. The van der Waals surface area contributed by atoms with E-state index in [4.69, 9.17) is 0 Å². The van der Waals surface area contributed by atoms with Crippen LogP contribution in [-0.2, 0) is 14.8 Å². The lowest BCUT2D eigenvalue weighted by Gasteiger charge is -2.20. The van der Waals surface area contributed by atoms with Gasteiger partial charge < -0.3 is 10.2 Å². The van der Waals surface area contributed by atoms with Gasteiger partial charge in [0.25, 0.3) is 0 Å². The van der Waals surface area contributed by atoms with Crippen molar-refractivity contribution in [2.24, 2.45) is 0 Å². The molecule has 1 saturated heterocycles. The van der Waals surface area contributed by atoms with Gasteiger partial charge in [-0.15, -0.1) is 0 Å². The van der Waals surface area contributed by atoms with E-state index in [9.17, 15) is 13.2 Å². The van der Waals surface area contributed by atoms with Crippen molar-refractivity contribution in [1.29, 1.82) is 0 Å². The number of hydrogen-bond acceptors (Lipinski definition) is 4. The molecule has 0 unspecified atom stereocenters. The first kappa shape index (κ1) is 17.4. The molecule has 132 valence electrons. The van der Waals surface area contributed by atoms with Crippen molar-refractivity contribution in [2.75, 3.05) is 26.7 Å². The molecule has 3 rings (SSSR count). The van der Waals surface area contributed by atoms with Crippen LogP contribution in [0.3, 0.4) is 0 Å². The Morgan fingerprint density at radius 3 is 2.54 bits per heavy atom. The number of amides is 1. The van der Waals surface area contributed by atoms with Crippen molar-refractivity contribution in [3.8, 4) is 0 Å². The smallest absolute Gasteiger partial charge is 0.221 e. The van der Waals surface area contributed by atoms with E-state index < -0.39 is 10.0 Å². The number of nitrogens with zero attached hydrogens (tertiary/aromatic N) is 1. The lowest BCUT2D eigenvalue weighted by Crippen LogP contribution is -2.41. The predicted molar refractivity (Wildman–Crippen MR) is 93.2 cm³/mol. The highest BCUT2D eigenvalue weighted by Crippen LogP contribution is 2.32. The molecule has 24 heavy (non-hydrogen) atoms. The highest BCUT2D eigenvalue weighted by molar-refractivity contribution is 7.90. The number of nitrogens with one attached hydrogen (secondary N) is 2. The Hall–Kier alpha value is -1.44. The third-order valence-electron chi connectivity index (χ3n) is 4.84. The number of carbonyl (C=O) groups excluding carboxylic acids is 1. The Labute approximate surface area is 143 Å². The van der Waals surface area contributed by atoms with E-state index in [2.05, 4.69) is 14.9 Å². The molecule has 0 spiro atoms. The van der Waals surface area contributed by atoms with Crippen molar-refractivity contribution in [1.82, 2.24) is 14.9 Å². The van der Waals surface area contributed by atoms with Gasteiger partial charge in [0.15, 0.2) is 0 Å². The minimum atomic E-state index is -3.23. The summed E-state index contributed by atoms with van der Waals surface area (Å²) in [5, 5.41) is 2.41. The first-order valence-corrected chi connectivity index (χ1v) is 10.0. The summed E-state index contributed by atoms with van der Waals surface area (Å²) >= 11 is 0. The molecule has 2 fully saturated rings. The summed E-state index contributed by atoms with van der Waals surface area (Å²) in [6.07, 6.45) is 1.96. The third kappa shape index (κ3) is 4.15. The normalized spacial score (nSPS) is 24.9. The fraction of sp³-hybridized carbons (Fsp3) is 0.588. The number of rotatable bonds is 7. The minimum Gasteiger partial charge on any atom is -0.359 e. The number of hydrogen-bond donors (Lipinski definition) is 2. The van der Waals surface area contributed by atoms with Crippen LogP contribution < -0.4 is 10.0 Å². The lowest BCUT2D eigenvalue weighted by atomic mass is 9.95. The molecular formula is C17H25N3O3S. The van der Waals surface area contributed by atoms with E-state index >= 15 is 0 Å². The van der Waals surface area contributed by atoms with Crippen LogP contribution in [0.4, 0.5) is 0 Å². The average molecular weight is 351 g/mol. The summed E-state index contributed by atoms with van der Waals surface area (Å²) < 4.78 is 27.6. The molecule has 1 saturated carbocycles. The van der Waals surface area contributed by atoms with E-state index in [1.165, 1.54) is 0 Å². The predicted octanol–water partition coefficient (Wildman–Crippen LogP) is 0.672. The molecule has 0 aromatic heterocycles. The van der Waals surface area contributed by atoms with Crippen molar-refractivity contribution < 1.29 is 13.2 Å². The Morgan fingerprint density at radius 2 is 1.92 bits per heavy atom. The SMILES string of the molecule is CNC(=O)CCN1C[C@@H](NS(=O)(=O)C2CC2)[C@H](c2ccccc2)C1. The highest BCUT2D eigenvalue weighted by atomic mass is 32.2. The highest BCUT2D eigenvalue weighted by Gasteiger charge is 2.41. The number of carbonyl (C=O) groups is 1. The fourth-order valence-electron chi connectivity index (χ4n) is 3.30. The minimum absolute atomic E-state index is 0.00766. The van der Waals surface area contributed by atoms with Gasteiger partial charge in [-0.3, -0.25) is 4.79 Å². The molecule has 1 amide bonds. The molecular weight excluding hydrogens is 326 g/mol. The molecule has 2 atom stereocenters. The summed E-state index contributed by atoms with van der Waals surface area (Å²) in [5.74, 6) is 0.123. The second kappa shape index (κ2) is 7.21. The van der Waals surface area contributed by atoms with Crippen molar-refractivity contribution >= 4 is 15.9 Å². The monoisotopic (exact) mass is 351 g/mol. The zero-order valence-corrected chi connectivity index (χ0v) is 14.8. The van der Waals surface area contributed by atoms with Crippen molar-refractivity contribution in [3.05, 3.63) is 35.9 Å². The topological polar surface area (TPSA) is 78.5 Å². The first-order chi connectivity index (χ1) is 11.5. The van der Waals surface area contributed by atoms with E-state index in [-0.39, 0.29) is 23.1 Å². The van der Waals surface area contributed by atoms with Crippen molar-refractivity contribution in [3.63, 3.8) is 0 Å². The maximum absolute atomic E-state index is 12.4. The number of benzene rings is 1. The molecule has 7 heteroatoms. The molecule has 6 nitrogen and oxygen atoms in total. The summed E-state index contributed by atoms with van der Waals surface area (Å²) in [7, 11) is -1.60. The standard InChI is InChI=1S/C17H25N3O3S/c1-18-17(21)9-10-20-11-15(13-5-3-2-4-6-13)16(12-20)19-24(22,23)14-7-8-14/h2-6,14-16,19H,7-12H2,1H3,(H,18,21)/t15-,16+/m0/s1. The third-order valence-corrected chi connectivity index (χ3v) is 6.82. The molecule has 0 bridgehead atoms. The quantitative estimate of drug-likeness (QED) is 0.757.